The highest BCUT2D eigenvalue weighted by Crippen LogP contribution is 2.42. The summed E-state index contributed by atoms with van der Waals surface area (Å²) < 4.78 is 28.2. The molecule has 0 bridgehead atoms. The topological polar surface area (TPSA) is 69.7 Å². The molecule has 2 heterocycles. The highest BCUT2D eigenvalue weighted by atomic mass is 32.2. The van der Waals surface area contributed by atoms with E-state index in [1.165, 1.54) is 18.4 Å². The maximum Gasteiger partial charge on any atom is 0.258 e. The Morgan fingerprint density at radius 3 is 2.48 bits per heavy atom. The van der Waals surface area contributed by atoms with Crippen LogP contribution in [0.15, 0.2) is 28.7 Å². The zero-order chi connectivity index (χ0) is 19.0. The minimum atomic E-state index is -3.58. The van der Waals surface area contributed by atoms with Crippen molar-refractivity contribution in [2.24, 2.45) is 0 Å². The zero-order valence-electron chi connectivity index (χ0n) is 15.8. The number of nitrogens with zero attached hydrogens (tertiary/aromatic N) is 2. The van der Waals surface area contributed by atoms with Gasteiger partial charge in [-0.05, 0) is 69.8 Å². The van der Waals surface area contributed by atoms with Gasteiger partial charge in [-0.3, -0.25) is 4.79 Å². The van der Waals surface area contributed by atoms with Gasteiger partial charge in [-0.1, -0.05) is 5.57 Å². The molecule has 27 heavy (non-hydrogen) atoms. The lowest BCUT2D eigenvalue weighted by atomic mass is 10.00. The minimum absolute atomic E-state index is 0.0153. The lowest BCUT2D eigenvalue weighted by molar-refractivity contribution is -0.112. The number of hydrogen-bond acceptors (Lipinski definition) is 4. The SMILES string of the molecule is CN1C(=O)C(=C2CCCC2)c2cc(S(=O)(=O)NCCN3CCCC3)ccc21. The Bertz CT molecular complexity index is 878. The van der Waals surface area contributed by atoms with Crippen molar-refractivity contribution in [2.45, 2.75) is 43.4 Å². The maximum atomic E-state index is 12.8. The molecule has 1 aromatic rings. The number of carbonyl (C=O) groups excluding carboxylic acids is 1. The van der Waals surface area contributed by atoms with Crippen LogP contribution in [0.2, 0.25) is 0 Å². The molecule has 0 atom stereocenters. The number of sulfonamides is 1. The van der Waals surface area contributed by atoms with Gasteiger partial charge in [-0.2, -0.15) is 0 Å². The molecule has 1 amide bonds. The maximum absolute atomic E-state index is 12.8. The standard InChI is InChI=1S/C20H27N3O3S/c1-22-18-9-8-16(27(25,26)21-10-13-23-11-4-5-12-23)14-17(18)19(20(22)24)15-6-2-3-7-15/h8-9,14,21H,2-7,10-13H2,1H3. The van der Waals surface area contributed by atoms with E-state index in [0.717, 1.165) is 62.1 Å². The number of likely N-dealkylation sites (tertiary alicyclic amines) is 1. The number of amides is 1. The average Bonchev–Trinajstić information content (AvgIpc) is 3.38. The van der Waals surface area contributed by atoms with Gasteiger partial charge in [0.05, 0.1) is 10.6 Å². The van der Waals surface area contributed by atoms with Crippen LogP contribution < -0.4 is 9.62 Å². The molecule has 4 rings (SSSR count). The number of fused-ring (bicyclic) bond motifs is 1. The van der Waals surface area contributed by atoms with Crippen molar-refractivity contribution in [1.82, 2.24) is 9.62 Å². The number of rotatable bonds is 5. The first kappa shape index (κ1) is 18.7. The van der Waals surface area contributed by atoms with Crippen molar-refractivity contribution in [3.05, 3.63) is 29.3 Å². The third-order valence-electron chi connectivity index (χ3n) is 5.91. The summed E-state index contributed by atoms with van der Waals surface area (Å²) in [5.74, 6) is -0.0153. The molecular formula is C20H27N3O3S. The molecule has 1 aliphatic carbocycles. The summed E-state index contributed by atoms with van der Waals surface area (Å²) in [6.07, 6.45) is 6.44. The molecule has 6 nitrogen and oxygen atoms in total. The van der Waals surface area contributed by atoms with E-state index < -0.39 is 10.0 Å². The normalized spacial score (nSPS) is 20.8. The van der Waals surface area contributed by atoms with E-state index >= 15 is 0 Å². The molecule has 146 valence electrons. The zero-order valence-corrected chi connectivity index (χ0v) is 16.6. The van der Waals surface area contributed by atoms with Crippen molar-refractivity contribution in [2.75, 3.05) is 38.1 Å². The Balaban J connectivity index is 1.58. The van der Waals surface area contributed by atoms with Gasteiger partial charge in [0.2, 0.25) is 10.0 Å². The van der Waals surface area contributed by atoms with Crippen LogP contribution in [0.5, 0.6) is 0 Å². The Morgan fingerprint density at radius 2 is 1.78 bits per heavy atom. The molecule has 0 unspecified atom stereocenters. The van der Waals surface area contributed by atoms with E-state index in [1.807, 2.05) is 0 Å². The number of allylic oxidation sites excluding steroid dienone is 1. The van der Waals surface area contributed by atoms with Gasteiger partial charge in [-0.25, -0.2) is 13.1 Å². The molecular weight excluding hydrogens is 362 g/mol. The number of anilines is 1. The summed E-state index contributed by atoms with van der Waals surface area (Å²) >= 11 is 0. The summed E-state index contributed by atoms with van der Waals surface area (Å²) in [4.78, 5) is 16.9. The minimum Gasteiger partial charge on any atom is -0.311 e. The largest absolute Gasteiger partial charge is 0.311 e. The fourth-order valence-corrected chi connectivity index (χ4v) is 5.44. The highest BCUT2D eigenvalue weighted by molar-refractivity contribution is 7.89. The predicted octanol–water partition coefficient (Wildman–Crippen LogP) is 2.36. The van der Waals surface area contributed by atoms with E-state index in [-0.39, 0.29) is 10.8 Å². The Hall–Kier alpha value is -1.70. The number of nitrogens with one attached hydrogen (secondary N) is 1. The molecule has 7 heteroatoms. The van der Waals surface area contributed by atoms with E-state index in [0.29, 0.717) is 6.54 Å². The van der Waals surface area contributed by atoms with Crippen molar-refractivity contribution >= 4 is 27.2 Å². The highest BCUT2D eigenvalue weighted by Gasteiger charge is 2.34. The molecule has 2 aliphatic heterocycles. The lowest BCUT2D eigenvalue weighted by Crippen LogP contribution is -2.33. The van der Waals surface area contributed by atoms with Gasteiger partial charge >= 0.3 is 0 Å². The third-order valence-corrected chi connectivity index (χ3v) is 7.37. The van der Waals surface area contributed by atoms with Crippen LogP contribution in [-0.4, -0.2) is 52.5 Å². The summed E-state index contributed by atoms with van der Waals surface area (Å²) in [7, 11) is -1.83. The van der Waals surface area contributed by atoms with Crippen molar-refractivity contribution in [3.8, 4) is 0 Å². The first-order chi connectivity index (χ1) is 13.0. The van der Waals surface area contributed by atoms with Gasteiger partial charge in [-0.15, -0.1) is 0 Å². The number of carbonyl (C=O) groups is 1. The second-order valence-electron chi connectivity index (χ2n) is 7.68. The lowest BCUT2D eigenvalue weighted by Gasteiger charge is -2.15. The molecule has 0 radical (unpaired) electrons. The Morgan fingerprint density at radius 1 is 1.07 bits per heavy atom. The van der Waals surface area contributed by atoms with Crippen LogP contribution >= 0.6 is 0 Å². The van der Waals surface area contributed by atoms with Gasteiger partial charge < -0.3 is 9.80 Å². The fraction of sp³-hybridized carbons (Fsp3) is 0.550. The van der Waals surface area contributed by atoms with Crippen molar-refractivity contribution < 1.29 is 13.2 Å². The van der Waals surface area contributed by atoms with E-state index in [4.69, 9.17) is 0 Å². The number of benzene rings is 1. The quantitative estimate of drug-likeness (QED) is 0.785. The monoisotopic (exact) mass is 389 g/mol. The molecule has 3 aliphatic rings. The number of hydrogen-bond donors (Lipinski definition) is 1. The summed E-state index contributed by atoms with van der Waals surface area (Å²) in [6.45, 7) is 3.24. The molecule has 1 saturated heterocycles. The van der Waals surface area contributed by atoms with Gasteiger partial charge in [0.1, 0.15) is 0 Å². The number of likely N-dealkylation sites (N-methyl/N-ethyl adjacent to an activating group) is 1. The van der Waals surface area contributed by atoms with Crippen molar-refractivity contribution in [1.29, 1.82) is 0 Å². The van der Waals surface area contributed by atoms with Crippen LogP contribution in [0.25, 0.3) is 5.57 Å². The van der Waals surface area contributed by atoms with Crippen LogP contribution in [0, 0.1) is 0 Å². The fourth-order valence-electron chi connectivity index (χ4n) is 4.39. The second-order valence-corrected chi connectivity index (χ2v) is 9.44. The molecule has 2 fully saturated rings. The summed E-state index contributed by atoms with van der Waals surface area (Å²) in [5.41, 5.74) is 3.45. The van der Waals surface area contributed by atoms with Crippen LogP contribution in [-0.2, 0) is 14.8 Å². The van der Waals surface area contributed by atoms with Crippen LogP contribution in [0.3, 0.4) is 0 Å². The Labute approximate surface area is 161 Å². The van der Waals surface area contributed by atoms with Gasteiger partial charge in [0, 0.05) is 31.3 Å². The van der Waals surface area contributed by atoms with Gasteiger partial charge in [0.15, 0.2) is 0 Å². The average molecular weight is 390 g/mol. The first-order valence-electron chi connectivity index (χ1n) is 9.84. The summed E-state index contributed by atoms with van der Waals surface area (Å²) in [5, 5.41) is 0. The molecule has 1 saturated carbocycles. The third kappa shape index (κ3) is 3.56. The second kappa shape index (κ2) is 7.37. The summed E-state index contributed by atoms with van der Waals surface area (Å²) in [6, 6.07) is 5.03. The van der Waals surface area contributed by atoms with Gasteiger partial charge in [0.25, 0.3) is 5.91 Å². The molecule has 1 N–H and O–H groups in total. The predicted molar refractivity (Wildman–Crippen MR) is 106 cm³/mol. The van der Waals surface area contributed by atoms with E-state index in [9.17, 15) is 13.2 Å². The first-order valence-corrected chi connectivity index (χ1v) is 11.3. The molecule has 0 spiro atoms. The van der Waals surface area contributed by atoms with Crippen LogP contribution in [0.4, 0.5) is 5.69 Å². The van der Waals surface area contributed by atoms with E-state index in [2.05, 4.69) is 9.62 Å². The van der Waals surface area contributed by atoms with Crippen molar-refractivity contribution in [3.63, 3.8) is 0 Å². The van der Waals surface area contributed by atoms with Crippen LogP contribution in [0.1, 0.15) is 44.1 Å². The molecule has 0 aromatic heterocycles. The Kier molecular flexibility index (Phi) is 5.09. The van der Waals surface area contributed by atoms with E-state index in [1.54, 1.807) is 30.1 Å². The smallest absolute Gasteiger partial charge is 0.258 e. The molecule has 1 aromatic carbocycles.